The van der Waals surface area contributed by atoms with Crippen molar-refractivity contribution in [2.75, 3.05) is 18.4 Å². The first-order valence-corrected chi connectivity index (χ1v) is 10.6. The van der Waals surface area contributed by atoms with Gasteiger partial charge in [-0.3, -0.25) is 4.79 Å². The minimum atomic E-state index is -0.183. The number of thiophene rings is 1. The van der Waals surface area contributed by atoms with Crippen LogP contribution < -0.4 is 10.6 Å². The molecule has 6 heteroatoms. The second-order valence-corrected chi connectivity index (χ2v) is 8.25. The van der Waals surface area contributed by atoms with Gasteiger partial charge in [0.05, 0.1) is 5.56 Å². The molecule has 0 spiro atoms. The molecule has 142 valence electrons. The molecule has 0 unspecified atom stereocenters. The Bertz CT molecular complexity index is 810. The van der Waals surface area contributed by atoms with Crippen molar-refractivity contribution in [3.05, 3.63) is 51.7 Å². The number of para-hydroxylation sites is 1. The Hall–Kier alpha value is -2.34. The van der Waals surface area contributed by atoms with Crippen LogP contribution in [0.5, 0.6) is 0 Å². The molecule has 2 N–H and O–H groups in total. The van der Waals surface area contributed by atoms with Crippen LogP contribution in [0.2, 0.25) is 0 Å². The van der Waals surface area contributed by atoms with Crippen molar-refractivity contribution in [1.82, 2.24) is 10.2 Å². The SMILES string of the molecule is O=C(Nc1ccccc1)NC1CCN(C(=O)c2csc3c2CCCC3)CC1. The third kappa shape index (κ3) is 4.16. The van der Waals surface area contributed by atoms with E-state index in [4.69, 9.17) is 0 Å². The topological polar surface area (TPSA) is 61.4 Å². The van der Waals surface area contributed by atoms with E-state index in [0.29, 0.717) is 13.1 Å². The van der Waals surface area contributed by atoms with Gasteiger partial charge in [-0.05, 0) is 56.2 Å². The first-order valence-electron chi connectivity index (χ1n) is 9.72. The molecule has 0 radical (unpaired) electrons. The molecule has 1 aliphatic heterocycles. The number of hydrogen-bond acceptors (Lipinski definition) is 3. The smallest absolute Gasteiger partial charge is 0.319 e. The number of carbonyl (C=O) groups is 2. The zero-order chi connectivity index (χ0) is 18.6. The predicted octanol–water partition coefficient (Wildman–Crippen LogP) is 4.05. The highest BCUT2D eigenvalue weighted by Crippen LogP contribution is 2.31. The molecule has 3 amide bonds. The lowest BCUT2D eigenvalue weighted by molar-refractivity contribution is 0.0708. The molecule has 27 heavy (non-hydrogen) atoms. The van der Waals surface area contributed by atoms with Gasteiger partial charge in [0, 0.05) is 35.1 Å². The fourth-order valence-electron chi connectivity index (χ4n) is 3.94. The maximum absolute atomic E-state index is 12.9. The van der Waals surface area contributed by atoms with E-state index in [0.717, 1.165) is 36.9 Å². The van der Waals surface area contributed by atoms with E-state index in [9.17, 15) is 9.59 Å². The van der Waals surface area contributed by atoms with Gasteiger partial charge in [0.15, 0.2) is 0 Å². The van der Waals surface area contributed by atoms with Gasteiger partial charge >= 0.3 is 6.03 Å². The highest BCUT2D eigenvalue weighted by atomic mass is 32.1. The monoisotopic (exact) mass is 383 g/mol. The van der Waals surface area contributed by atoms with Gasteiger partial charge in [-0.1, -0.05) is 18.2 Å². The molecule has 0 saturated carbocycles. The molecule has 0 atom stereocenters. The zero-order valence-corrected chi connectivity index (χ0v) is 16.2. The highest BCUT2D eigenvalue weighted by Gasteiger charge is 2.28. The molecule has 0 bridgehead atoms. The Morgan fingerprint density at radius 3 is 2.56 bits per heavy atom. The van der Waals surface area contributed by atoms with Gasteiger partial charge in [-0.15, -0.1) is 11.3 Å². The number of hydrogen-bond donors (Lipinski definition) is 2. The van der Waals surface area contributed by atoms with E-state index < -0.39 is 0 Å². The number of nitrogens with one attached hydrogen (secondary N) is 2. The fourth-order valence-corrected chi connectivity index (χ4v) is 5.06. The number of fused-ring (bicyclic) bond motifs is 1. The van der Waals surface area contributed by atoms with Gasteiger partial charge in [-0.25, -0.2) is 4.79 Å². The Kier molecular flexibility index (Phi) is 5.43. The Morgan fingerprint density at radius 1 is 1.04 bits per heavy atom. The van der Waals surface area contributed by atoms with Crippen molar-refractivity contribution in [3.8, 4) is 0 Å². The van der Waals surface area contributed by atoms with Crippen molar-refractivity contribution < 1.29 is 9.59 Å². The number of nitrogens with zero attached hydrogens (tertiary/aromatic N) is 1. The average molecular weight is 384 g/mol. The maximum atomic E-state index is 12.9. The quantitative estimate of drug-likeness (QED) is 0.840. The van der Waals surface area contributed by atoms with Crippen molar-refractivity contribution in [2.45, 2.75) is 44.6 Å². The number of piperidine rings is 1. The Morgan fingerprint density at radius 2 is 1.78 bits per heavy atom. The molecule has 2 aromatic rings. The van der Waals surface area contributed by atoms with E-state index in [1.807, 2.05) is 35.2 Å². The van der Waals surface area contributed by atoms with E-state index in [1.54, 1.807) is 11.3 Å². The Labute approximate surface area is 163 Å². The fraction of sp³-hybridized carbons (Fsp3) is 0.429. The summed E-state index contributed by atoms with van der Waals surface area (Å²) in [6.45, 7) is 1.39. The summed E-state index contributed by atoms with van der Waals surface area (Å²) in [4.78, 5) is 28.4. The molecule has 1 aliphatic carbocycles. The van der Waals surface area contributed by atoms with Gasteiger partial charge in [0.25, 0.3) is 5.91 Å². The van der Waals surface area contributed by atoms with Crippen LogP contribution in [0.25, 0.3) is 0 Å². The summed E-state index contributed by atoms with van der Waals surface area (Å²) in [5.74, 6) is 0.168. The lowest BCUT2D eigenvalue weighted by Gasteiger charge is -2.32. The van der Waals surface area contributed by atoms with E-state index in [1.165, 1.54) is 23.3 Å². The Balaban J connectivity index is 1.29. The molecule has 2 aliphatic rings. The first-order chi connectivity index (χ1) is 13.2. The number of rotatable bonds is 3. The second kappa shape index (κ2) is 8.13. The number of amides is 3. The van der Waals surface area contributed by atoms with Crippen LogP contribution in [0, 0.1) is 0 Å². The van der Waals surface area contributed by atoms with E-state index in [-0.39, 0.29) is 18.0 Å². The molecular formula is C21H25N3O2S. The van der Waals surface area contributed by atoms with Gasteiger partial charge in [0.1, 0.15) is 0 Å². The molecule has 1 saturated heterocycles. The van der Waals surface area contributed by atoms with Crippen LogP contribution in [0.15, 0.2) is 35.7 Å². The third-order valence-corrected chi connectivity index (χ3v) is 6.53. The van der Waals surface area contributed by atoms with Crippen molar-refractivity contribution in [3.63, 3.8) is 0 Å². The zero-order valence-electron chi connectivity index (χ0n) is 15.4. The minimum Gasteiger partial charge on any atom is -0.338 e. The van der Waals surface area contributed by atoms with E-state index >= 15 is 0 Å². The first kappa shape index (κ1) is 18.0. The number of anilines is 1. The number of benzene rings is 1. The van der Waals surface area contributed by atoms with Crippen molar-refractivity contribution in [1.29, 1.82) is 0 Å². The second-order valence-electron chi connectivity index (χ2n) is 7.29. The summed E-state index contributed by atoms with van der Waals surface area (Å²) >= 11 is 1.74. The molecule has 1 fully saturated rings. The number of likely N-dealkylation sites (tertiary alicyclic amines) is 1. The van der Waals surface area contributed by atoms with Crippen LogP contribution in [-0.2, 0) is 12.8 Å². The molecule has 4 rings (SSSR count). The van der Waals surface area contributed by atoms with Crippen LogP contribution in [0.1, 0.15) is 46.5 Å². The highest BCUT2D eigenvalue weighted by molar-refractivity contribution is 7.10. The summed E-state index contributed by atoms with van der Waals surface area (Å²) in [5.41, 5.74) is 2.99. The molecule has 2 heterocycles. The van der Waals surface area contributed by atoms with Crippen molar-refractivity contribution in [2.24, 2.45) is 0 Å². The lowest BCUT2D eigenvalue weighted by atomic mass is 9.95. The number of carbonyl (C=O) groups excluding carboxylic acids is 2. The number of aryl methyl sites for hydroxylation is 1. The maximum Gasteiger partial charge on any atom is 0.319 e. The van der Waals surface area contributed by atoms with Gasteiger partial charge < -0.3 is 15.5 Å². The van der Waals surface area contributed by atoms with Gasteiger partial charge in [0.2, 0.25) is 0 Å². The lowest BCUT2D eigenvalue weighted by Crippen LogP contribution is -2.47. The molecular weight excluding hydrogens is 358 g/mol. The standard InChI is InChI=1S/C21H25N3O2S/c25-20(18-14-27-19-9-5-4-8-17(18)19)24-12-10-16(11-13-24)23-21(26)22-15-6-2-1-3-7-15/h1-3,6-7,14,16H,4-5,8-13H2,(H2,22,23,26). The molecule has 5 nitrogen and oxygen atoms in total. The van der Waals surface area contributed by atoms with Crippen molar-refractivity contribution >= 4 is 29.0 Å². The van der Waals surface area contributed by atoms with Crippen LogP contribution in [0.4, 0.5) is 10.5 Å². The summed E-state index contributed by atoms with van der Waals surface area (Å²) < 4.78 is 0. The summed E-state index contributed by atoms with van der Waals surface area (Å²) in [6.07, 6.45) is 6.17. The largest absolute Gasteiger partial charge is 0.338 e. The predicted molar refractivity (Wildman–Crippen MR) is 108 cm³/mol. The van der Waals surface area contributed by atoms with Crippen LogP contribution >= 0.6 is 11.3 Å². The minimum absolute atomic E-state index is 0.106. The molecule has 1 aromatic heterocycles. The van der Waals surface area contributed by atoms with Gasteiger partial charge in [-0.2, -0.15) is 0 Å². The van der Waals surface area contributed by atoms with E-state index in [2.05, 4.69) is 16.0 Å². The summed E-state index contributed by atoms with van der Waals surface area (Å²) in [6, 6.07) is 9.35. The normalized spacial score (nSPS) is 17.3. The molecule has 1 aromatic carbocycles. The van der Waals surface area contributed by atoms with Crippen LogP contribution in [-0.4, -0.2) is 36.0 Å². The summed E-state index contributed by atoms with van der Waals surface area (Å²) in [5, 5.41) is 7.93. The number of urea groups is 1. The average Bonchev–Trinajstić information content (AvgIpc) is 3.13. The summed E-state index contributed by atoms with van der Waals surface area (Å²) in [7, 11) is 0. The third-order valence-electron chi connectivity index (χ3n) is 5.44. The van der Waals surface area contributed by atoms with Crippen LogP contribution in [0.3, 0.4) is 0 Å².